The third-order valence-electron chi connectivity index (χ3n) is 4.80. The molecule has 5 nitrogen and oxygen atoms in total. The summed E-state index contributed by atoms with van der Waals surface area (Å²) in [5, 5.41) is 0. The van der Waals surface area contributed by atoms with Crippen LogP contribution in [0.1, 0.15) is 27.9 Å². The Morgan fingerprint density at radius 2 is 1.50 bits per heavy atom. The second-order valence-electron chi connectivity index (χ2n) is 6.89. The first kappa shape index (κ1) is 24.0. The lowest BCUT2D eigenvalue weighted by Gasteiger charge is -2.19. The monoisotopic (exact) mass is 518 g/mol. The van der Waals surface area contributed by atoms with Gasteiger partial charge in [-0.05, 0) is 63.5 Å². The smallest absolute Gasteiger partial charge is 0.170 e. The maximum absolute atomic E-state index is 11.8. The molecule has 0 saturated heterocycles. The van der Waals surface area contributed by atoms with Gasteiger partial charge in [0, 0.05) is 12.3 Å². The quantitative estimate of drug-likeness (QED) is 0.351. The van der Waals surface area contributed by atoms with E-state index in [1.807, 2.05) is 48.5 Å². The van der Waals surface area contributed by atoms with Gasteiger partial charge in [0.25, 0.3) is 0 Å². The summed E-state index contributed by atoms with van der Waals surface area (Å²) in [4.78, 5) is 11.8. The second kappa shape index (κ2) is 11.8. The van der Waals surface area contributed by atoms with E-state index in [-0.39, 0.29) is 5.78 Å². The SMILES string of the molecule is COc1ccc(CCl)cc1.COc1ccc(COc2ccc3c(c2Br)OCCC3=O)cc1. The first-order valence-electron chi connectivity index (χ1n) is 9.98. The lowest BCUT2D eigenvalue weighted by atomic mass is 10.1. The molecule has 0 aromatic heterocycles. The van der Waals surface area contributed by atoms with Gasteiger partial charge in [-0.3, -0.25) is 4.79 Å². The molecule has 4 rings (SSSR count). The van der Waals surface area contributed by atoms with Crippen LogP contribution in [-0.4, -0.2) is 26.6 Å². The molecule has 0 aliphatic carbocycles. The largest absolute Gasteiger partial charge is 0.497 e. The summed E-state index contributed by atoms with van der Waals surface area (Å²) >= 11 is 9.05. The van der Waals surface area contributed by atoms with Crippen LogP contribution >= 0.6 is 27.5 Å². The lowest BCUT2D eigenvalue weighted by Crippen LogP contribution is -2.15. The minimum atomic E-state index is 0.101. The summed E-state index contributed by atoms with van der Waals surface area (Å²) in [6, 6.07) is 18.9. The molecule has 3 aromatic rings. The van der Waals surface area contributed by atoms with Gasteiger partial charge < -0.3 is 18.9 Å². The molecule has 0 spiro atoms. The second-order valence-corrected chi connectivity index (χ2v) is 7.95. The van der Waals surface area contributed by atoms with Crippen molar-refractivity contribution in [3.8, 4) is 23.0 Å². The van der Waals surface area contributed by atoms with E-state index in [0.29, 0.717) is 47.0 Å². The van der Waals surface area contributed by atoms with Crippen molar-refractivity contribution < 1.29 is 23.7 Å². The van der Waals surface area contributed by atoms with Crippen LogP contribution in [0.5, 0.6) is 23.0 Å². The van der Waals surface area contributed by atoms with E-state index in [9.17, 15) is 4.79 Å². The molecule has 3 aromatic carbocycles. The maximum atomic E-state index is 11.8. The molecule has 0 atom stereocenters. The van der Waals surface area contributed by atoms with Gasteiger partial charge in [-0.1, -0.05) is 24.3 Å². The number of ketones is 1. The predicted octanol–water partition coefficient (Wildman–Crippen LogP) is 6.44. The van der Waals surface area contributed by atoms with Crippen molar-refractivity contribution in [3.63, 3.8) is 0 Å². The van der Waals surface area contributed by atoms with Gasteiger partial charge in [-0.25, -0.2) is 0 Å². The number of alkyl halides is 1. The number of benzene rings is 3. The highest BCUT2D eigenvalue weighted by Crippen LogP contribution is 2.40. The van der Waals surface area contributed by atoms with Crippen molar-refractivity contribution in [2.75, 3.05) is 20.8 Å². The number of carbonyl (C=O) groups is 1. The van der Waals surface area contributed by atoms with Crippen molar-refractivity contribution in [1.82, 2.24) is 0 Å². The highest BCUT2D eigenvalue weighted by Gasteiger charge is 2.23. The van der Waals surface area contributed by atoms with Crippen LogP contribution in [0.25, 0.3) is 0 Å². The molecule has 1 aliphatic heterocycles. The number of carbonyl (C=O) groups excluding carboxylic acids is 1. The van der Waals surface area contributed by atoms with Crippen molar-refractivity contribution in [2.24, 2.45) is 0 Å². The first-order chi connectivity index (χ1) is 15.5. The molecule has 0 bridgehead atoms. The predicted molar refractivity (Wildman–Crippen MR) is 128 cm³/mol. The van der Waals surface area contributed by atoms with Crippen LogP contribution in [0.2, 0.25) is 0 Å². The summed E-state index contributed by atoms with van der Waals surface area (Å²) in [5.41, 5.74) is 2.75. The zero-order valence-electron chi connectivity index (χ0n) is 17.9. The normalized spacial score (nSPS) is 12.1. The first-order valence-corrected chi connectivity index (χ1v) is 11.3. The van der Waals surface area contributed by atoms with Crippen LogP contribution < -0.4 is 18.9 Å². The average molecular weight is 520 g/mol. The summed E-state index contributed by atoms with van der Waals surface area (Å²) in [6.45, 7) is 0.835. The average Bonchev–Trinajstić information content (AvgIpc) is 2.85. The zero-order chi connectivity index (χ0) is 22.9. The van der Waals surface area contributed by atoms with E-state index in [4.69, 9.17) is 30.5 Å². The van der Waals surface area contributed by atoms with Crippen LogP contribution in [0, 0.1) is 0 Å². The molecule has 0 N–H and O–H groups in total. The summed E-state index contributed by atoms with van der Waals surface area (Å²) in [6.07, 6.45) is 0.422. The number of rotatable bonds is 6. The van der Waals surface area contributed by atoms with Gasteiger partial charge >= 0.3 is 0 Å². The van der Waals surface area contributed by atoms with Gasteiger partial charge in [-0.15, -0.1) is 11.6 Å². The van der Waals surface area contributed by atoms with E-state index in [2.05, 4.69) is 15.9 Å². The van der Waals surface area contributed by atoms with Crippen LogP contribution in [0.15, 0.2) is 65.1 Å². The number of fused-ring (bicyclic) bond motifs is 1. The number of ether oxygens (including phenoxy) is 4. The minimum Gasteiger partial charge on any atom is -0.497 e. The van der Waals surface area contributed by atoms with Crippen molar-refractivity contribution in [1.29, 1.82) is 0 Å². The van der Waals surface area contributed by atoms with Gasteiger partial charge in [-0.2, -0.15) is 0 Å². The molecular weight excluding hydrogens is 496 g/mol. The lowest BCUT2D eigenvalue weighted by molar-refractivity contribution is 0.0932. The fourth-order valence-corrected chi connectivity index (χ4v) is 3.74. The molecule has 0 amide bonds. The van der Waals surface area contributed by atoms with Crippen LogP contribution in [-0.2, 0) is 12.5 Å². The number of Topliss-reactive ketones (excluding diaryl/α,β-unsaturated/α-hetero) is 1. The van der Waals surface area contributed by atoms with Crippen LogP contribution in [0.4, 0.5) is 0 Å². The van der Waals surface area contributed by atoms with E-state index >= 15 is 0 Å². The fourth-order valence-electron chi connectivity index (χ4n) is 2.99. The number of halogens is 2. The number of methoxy groups -OCH3 is 2. The van der Waals surface area contributed by atoms with Gasteiger partial charge in [0.15, 0.2) is 5.78 Å². The summed E-state index contributed by atoms with van der Waals surface area (Å²) in [7, 11) is 3.28. The van der Waals surface area contributed by atoms with Crippen molar-refractivity contribution >= 4 is 33.3 Å². The zero-order valence-corrected chi connectivity index (χ0v) is 20.2. The molecule has 0 saturated carbocycles. The maximum Gasteiger partial charge on any atom is 0.170 e. The number of hydrogen-bond acceptors (Lipinski definition) is 5. The van der Waals surface area contributed by atoms with Gasteiger partial charge in [0.05, 0.1) is 26.4 Å². The Balaban J connectivity index is 0.000000243. The molecule has 0 fully saturated rings. The van der Waals surface area contributed by atoms with Gasteiger partial charge in [0.2, 0.25) is 0 Å². The molecule has 32 heavy (non-hydrogen) atoms. The summed E-state index contributed by atoms with van der Waals surface area (Å²) in [5.74, 6) is 3.57. The van der Waals surface area contributed by atoms with E-state index in [1.54, 1.807) is 26.4 Å². The molecule has 1 aliphatic rings. The molecular formula is C25H24BrClO5. The van der Waals surface area contributed by atoms with Crippen molar-refractivity contribution in [2.45, 2.75) is 18.9 Å². The molecule has 0 radical (unpaired) electrons. The van der Waals surface area contributed by atoms with Crippen LogP contribution in [0.3, 0.4) is 0 Å². The molecule has 0 unspecified atom stereocenters. The highest BCUT2D eigenvalue weighted by atomic mass is 79.9. The molecule has 1 heterocycles. The third-order valence-corrected chi connectivity index (χ3v) is 5.86. The van der Waals surface area contributed by atoms with Crippen molar-refractivity contribution in [3.05, 3.63) is 81.8 Å². The Morgan fingerprint density at radius 1 is 0.906 bits per heavy atom. The summed E-state index contributed by atoms with van der Waals surface area (Å²) < 4.78 is 22.2. The Kier molecular flexibility index (Phi) is 8.82. The highest BCUT2D eigenvalue weighted by molar-refractivity contribution is 9.10. The molecule has 168 valence electrons. The number of hydrogen-bond donors (Lipinski definition) is 0. The Bertz CT molecular complexity index is 1010. The van der Waals surface area contributed by atoms with E-state index < -0.39 is 0 Å². The minimum absolute atomic E-state index is 0.101. The van der Waals surface area contributed by atoms with E-state index in [1.165, 1.54) is 0 Å². The van der Waals surface area contributed by atoms with Gasteiger partial charge in [0.1, 0.15) is 34.1 Å². The Labute approximate surface area is 201 Å². The molecule has 7 heteroatoms. The fraction of sp³-hybridized carbons (Fsp3) is 0.240. The van der Waals surface area contributed by atoms with E-state index in [0.717, 1.165) is 22.6 Å². The Morgan fingerprint density at radius 3 is 2.06 bits per heavy atom. The third kappa shape index (κ3) is 6.17. The topological polar surface area (TPSA) is 54.0 Å². The Hall–Kier alpha value is -2.70. The standard InChI is InChI=1S/C17H15BrO4.C8H9ClO/c1-20-12-4-2-11(3-5-12)10-22-15-7-6-13-14(19)8-9-21-17(13)16(15)18;1-10-8-4-2-7(6-9)3-5-8/h2-7H,8-10H2,1H3;2-5H,6H2,1H3.